The van der Waals surface area contributed by atoms with Gasteiger partial charge >= 0.3 is 0 Å². The van der Waals surface area contributed by atoms with Crippen LogP contribution in [-0.4, -0.2) is 16.6 Å². The van der Waals surface area contributed by atoms with E-state index in [4.69, 9.17) is 16.3 Å². The normalized spacial score (nSPS) is 10.3. The van der Waals surface area contributed by atoms with E-state index in [9.17, 15) is 4.39 Å². The second-order valence-electron chi connectivity index (χ2n) is 3.27. The molecule has 2 rings (SSSR count). The summed E-state index contributed by atoms with van der Waals surface area (Å²) in [4.78, 5) is 8.08. The molecule has 1 heterocycles. The van der Waals surface area contributed by atoms with Gasteiger partial charge in [0, 0.05) is 6.07 Å². The number of aromatic nitrogens is 2. The van der Waals surface area contributed by atoms with Gasteiger partial charge in [-0.2, -0.15) is 4.98 Å². The van der Waals surface area contributed by atoms with E-state index < -0.39 is 5.82 Å². The van der Waals surface area contributed by atoms with Gasteiger partial charge in [0.05, 0.1) is 12.2 Å². The van der Waals surface area contributed by atoms with Gasteiger partial charge in [-0.3, -0.25) is 0 Å². The first-order chi connectivity index (χ1) is 8.20. The van der Waals surface area contributed by atoms with E-state index in [0.717, 1.165) is 0 Å². The Balaban J connectivity index is 2.48. The Morgan fingerprint density at radius 3 is 2.76 bits per heavy atom. The van der Waals surface area contributed by atoms with Crippen LogP contribution in [0.1, 0.15) is 6.92 Å². The van der Waals surface area contributed by atoms with Crippen molar-refractivity contribution in [3.63, 3.8) is 0 Å². The predicted octanol–water partition coefficient (Wildman–Crippen LogP) is 3.33. The fourth-order valence-corrected chi connectivity index (χ4v) is 1.56. The van der Waals surface area contributed by atoms with Gasteiger partial charge in [0.25, 0.3) is 0 Å². The minimum absolute atomic E-state index is 0.221. The molecule has 0 N–H and O–H groups in total. The molecule has 0 atom stereocenters. The Bertz CT molecular complexity index is 534. The van der Waals surface area contributed by atoms with Gasteiger partial charge in [-0.25, -0.2) is 9.37 Å². The predicted molar refractivity (Wildman–Crippen MR) is 63.6 cm³/mol. The van der Waals surface area contributed by atoms with E-state index >= 15 is 0 Å². The van der Waals surface area contributed by atoms with Crippen molar-refractivity contribution >= 4 is 11.6 Å². The van der Waals surface area contributed by atoms with Crippen LogP contribution in [0.15, 0.2) is 30.3 Å². The molecule has 0 unspecified atom stereocenters. The van der Waals surface area contributed by atoms with E-state index in [2.05, 4.69) is 9.97 Å². The van der Waals surface area contributed by atoms with Crippen molar-refractivity contribution in [3.05, 3.63) is 41.3 Å². The van der Waals surface area contributed by atoms with Crippen molar-refractivity contribution in [2.24, 2.45) is 0 Å². The Kier molecular flexibility index (Phi) is 3.54. The highest BCUT2D eigenvalue weighted by Gasteiger charge is 2.10. The highest BCUT2D eigenvalue weighted by molar-refractivity contribution is 6.29. The summed E-state index contributed by atoms with van der Waals surface area (Å²) >= 11 is 5.83. The van der Waals surface area contributed by atoms with Crippen molar-refractivity contribution in [3.8, 4) is 17.3 Å². The summed E-state index contributed by atoms with van der Waals surface area (Å²) in [6.07, 6.45) is 0. The van der Waals surface area contributed by atoms with Crippen LogP contribution in [0.5, 0.6) is 5.88 Å². The highest BCUT2D eigenvalue weighted by Crippen LogP contribution is 2.23. The van der Waals surface area contributed by atoms with Crippen LogP contribution in [0.25, 0.3) is 11.4 Å². The molecule has 0 spiro atoms. The van der Waals surface area contributed by atoms with Crippen molar-refractivity contribution < 1.29 is 9.13 Å². The van der Waals surface area contributed by atoms with Crippen LogP contribution in [0.3, 0.4) is 0 Å². The first kappa shape index (κ1) is 11.8. The van der Waals surface area contributed by atoms with Gasteiger partial charge in [-0.05, 0) is 19.1 Å². The minimum Gasteiger partial charge on any atom is -0.478 e. The third-order valence-electron chi connectivity index (χ3n) is 2.08. The number of hydrogen-bond donors (Lipinski definition) is 0. The maximum Gasteiger partial charge on any atom is 0.218 e. The summed E-state index contributed by atoms with van der Waals surface area (Å²) in [5.74, 6) is 0.169. The van der Waals surface area contributed by atoms with E-state index in [1.807, 2.05) is 6.92 Å². The fourth-order valence-electron chi connectivity index (χ4n) is 1.38. The van der Waals surface area contributed by atoms with E-state index in [-0.39, 0.29) is 11.0 Å². The van der Waals surface area contributed by atoms with Crippen molar-refractivity contribution in [2.75, 3.05) is 6.61 Å². The zero-order valence-electron chi connectivity index (χ0n) is 9.15. The van der Waals surface area contributed by atoms with Gasteiger partial charge in [0.2, 0.25) is 5.88 Å². The molecule has 2 aromatic rings. The number of ether oxygens (including phenoxy) is 1. The molecule has 0 aliphatic rings. The standard InChI is InChI=1S/C12H10ClFN2O/c1-2-17-11-7-10(13)15-12(16-11)8-5-3-4-6-9(8)14/h3-7H,2H2,1H3. The number of hydrogen-bond acceptors (Lipinski definition) is 3. The van der Waals surface area contributed by atoms with Crippen molar-refractivity contribution in [1.82, 2.24) is 9.97 Å². The summed E-state index contributed by atoms with van der Waals surface area (Å²) < 4.78 is 18.8. The lowest BCUT2D eigenvalue weighted by Crippen LogP contribution is -1.98. The number of halogens is 2. The first-order valence-corrected chi connectivity index (χ1v) is 5.50. The molecule has 17 heavy (non-hydrogen) atoms. The van der Waals surface area contributed by atoms with Crippen LogP contribution in [-0.2, 0) is 0 Å². The average molecular weight is 253 g/mol. The smallest absolute Gasteiger partial charge is 0.218 e. The molecule has 0 aliphatic heterocycles. The molecule has 0 fully saturated rings. The molecule has 5 heteroatoms. The molecule has 88 valence electrons. The fraction of sp³-hybridized carbons (Fsp3) is 0.167. The summed E-state index contributed by atoms with van der Waals surface area (Å²) in [5.41, 5.74) is 0.302. The molecular weight excluding hydrogens is 243 g/mol. The van der Waals surface area contributed by atoms with Crippen molar-refractivity contribution in [2.45, 2.75) is 6.92 Å². The molecule has 0 radical (unpaired) electrons. The Labute approximate surface area is 103 Å². The number of nitrogens with zero attached hydrogens (tertiary/aromatic N) is 2. The quantitative estimate of drug-likeness (QED) is 0.786. The SMILES string of the molecule is CCOc1cc(Cl)nc(-c2ccccc2F)n1. The second kappa shape index (κ2) is 5.10. The summed E-state index contributed by atoms with van der Waals surface area (Å²) in [6, 6.07) is 7.75. The molecule has 0 saturated heterocycles. The third kappa shape index (κ3) is 2.71. The summed E-state index contributed by atoms with van der Waals surface area (Å²) in [7, 11) is 0. The Morgan fingerprint density at radius 2 is 2.06 bits per heavy atom. The van der Waals surface area contributed by atoms with Crippen molar-refractivity contribution in [1.29, 1.82) is 0 Å². The van der Waals surface area contributed by atoms with E-state index in [1.54, 1.807) is 18.2 Å². The minimum atomic E-state index is -0.391. The Hall–Kier alpha value is -1.68. The molecule has 0 amide bonds. The lowest BCUT2D eigenvalue weighted by molar-refractivity contribution is 0.326. The lowest BCUT2D eigenvalue weighted by Gasteiger charge is -2.06. The van der Waals surface area contributed by atoms with Gasteiger partial charge in [0.1, 0.15) is 11.0 Å². The van der Waals surface area contributed by atoms with Crippen LogP contribution in [0.4, 0.5) is 4.39 Å². The molecule has 0 bridgehead atoms. The molecule has 1 aromatic heterocycles. The average Bonchev–Trinajstić information content (AvgIpc) is 2.29. The van der Waals surface area contributed by atoms with Crippen LogP contribution < -0.4 is 4.74 Å². The molecule has 0 aliphatic carbocycles. The van der Waals surface area contributed by atoms with Gasteiger partial charge in [-0.1, -0.05) is 23.7 Å². The van der Waals surface area contributed by atoms with E-state index in [0.29, 0.717) is 18.1 Å². The highest BCUT2D eigenvalue weighted by atomic mass is 35.5. The van der Waals surface area contributed by atoms with Crippen LogP contribution in [0, 0.1) is 5.82 Å². The van der Waals surface area contributed by atoms with Crippen LogP contribution in [0.2, 0.25) is 5.15 Å². The Morgan fingerprint density at radius 1 is 1.29 bits per heavy atom. The molecule has 3 nitrogen and oxygen atoms in total. The molecule has 0 saturated carbocycles. The number of benzene rings is 1. The van der Waals surface area contributed by atoms with Gasteiger partial charge in [-0.15, -0.1) is 0 Å². The third-order valence-corrected chi connectivity index (χ3v) is 2.27. The second-order valence-corrected chi connectivity index (χ2v) is 3.65. The zero-order chi connectivity index (χ0) is 12.3. The van der Waals surface area contributed by atoms with Gasteiger partial charge < -0.3 is 4.74 Å². The van der Waals surface area contributed by atoms with Gasteiger partial charge in [0.15, 0.2) is 5.82 Å². The maximum atomic E-state index is 13.6. The monoisotopic (exact) mass is 252 g/mol. The lowest BCUT2D eigenvalue weighted by atomic mass is 10.2. The summed E-state index contributed by atoms with van der Waals surface area (Å²) in [5, 5.41) is 0.224. The zero-order valence-corrected chi connectivity index (χ0v) is 9.91. The van der Waals surface area contributed by atoms with Crippen LogP contribution >= 0.6 is 11.6 Å². The number of rotatable bonds is 3. The largest absolute Gasteiger partial charge is 0.478 e. The van der Waals surface area contributed by atoms with E-state index in [1.165, 1.54) is 12.1 Å². The maximum absolute atomic E-state index is 13.6. The first-order valence-electron chi connectivity index (χ1n) is 5.13. The topological polar surface area (TPSA) is 35.0 Å². The molecular formula is C12H10ClFN2O. The molecule has 1 aromatic carbocycles. The summed E-state index contributed by atoms with van der Waals surface area (Å²) in [6.45, 7) is 2.29.